The normalized spacial score (nSPS) is 40.0. The summed E-state index contributed by atoms with van der Waals surface area (Å²) < 4.78 is 12.0. The lowest BCUT2D eigenvalue weighted by atomic mass is 9.97. The highest BCUT2D eigenvalue weighted by Crippen LogP contribution is 2.37. The van der Waals surface area contributed by atoms with Crippen LogP contribution in [0.3, 0.4) is 0 Å². The molecule has 0 saturated carbocycles. The molecule has 0 bridgehead atoms. The van der Waals surface area contributed by atoms with Crippen molar-refractivity contribution in [1.82, 2.24) is 0 Å². The largest absolute Gasteiger partial charge is 0.390 e. The molecular weight excluding hydrogens is 308 g/mol. The standard InChI is InChI=1S/C15H21BrO3/c1-3-5-6-7-11(17)13-9-15-14(19-13)8-10(16)12(4-2)18-15/h1,5-6,10-15,17H,4,7-9H2,2H3/b6-5+/t10-,11-,12+,13-,14-,15-/m1/s1. The van der Waals surface area contributed by atoms with E-state index in [2.05, 4.69) is 28.8 Å². The third kappa shape index (κ3) is 3.61. The number of fused-ring (bicyclic) bond motifs is 1. The van der Waals surface area contributed by atoms with E-state index >= 15 is 0 Å². The van der Waals surface area contributed by atoms with Gasteiger partial charge in [-0.25, -0.2) is 0 Å². The van der Waals surface area contributed by atoms with E-state index in [1.165, 1.54) is 0 Å². The molecule has 0 radical (unpaired) electrons. The Morgan fingerprint density at radius 1 is 1.42 bits per heavy atom. The highest BCUT2D eigenvalue weighted by molar-refractivity contribution is 9.09. The zero-order valence-electron chi connectivity index (χ0n) is 11.2. The van der Waals surface area contributed by atoms with Crippen LogP contribution in [-0.4, -0.2) is 40.5 Å². The van der Waals surface area contributed by atoms with Gasteiger partial charge in [0.1, 0.15) is 0 Å². The smallest absolute Gasteiger partial charge is 0.0867 e. The molecule has 2 fully saturated rings. The molecule has 0 amide bonds. The quantitative estimate of drug-likeness (QED) is 0.636. The van der Waals surface area contributed by atoms with E-state index in [0.29, 0.717) is 11.2 Å². The van der Waals surface area contributed by atoms with Crippen LogP contribution in [0, 0.1) is 12.3 Å². The van der Waals surface area contributed by atoms with Crippen molar-refractivity contribution in [3.63, 3.8) is 0 Å². The summed E-state index contributed by atoms with van der Waals surface area (Å²) >= 11 is 3.66. The maximum absolute atomic E-state index is 10.1. The van der Waals surface area contributed by atoms with Gasteiger partial charge >= 0.3 is 0 Å². The molecule has 2 aliphatic heterocycles. The van der Waals surface area contributed by atoms with Crippen LogP contribution < -0.4 is 0 Å². The van der Waals surface area contributed by atoms with Crippen LogP contribution in [0.4, 0.5) is 0 Å². The fourth-order valence-corrected chi connectivity index (χ4v) is 3.68. The molecule has 2 aliphatic rings. The molecule has 1 N–H and O–H groups in total. The average Bonchev–Trinajstić information content (AvgIpc) is 2.80. The van der Waals surface area contributed by atoms with E-state index in [9.17, 15) is 5.11 Å². The minimum Gasteiger partial charge on any atom is -0.390 e. The number of terminal acetylenes is 1. The molecule has 6 atom stereocenters. The minimum atomic E-state index is -0.507. The predicted octanol–water partition coefficient (Wildman–Crippen LogP) is 2.42. The number of allylic oxidation sites excluding steroid dienone is 1. The van der Waals surface area contributed by atoms with Gasteiger partial charge in [0, 0.05) is 11.2 Å². The first-order valence-electron chi connectivity index (χ1n) is 6.89. The Balaban J connectivity index is 1.89. The number of halogens is 1. The molecule has 19 heavy (non-hydrogen) atoms. The van der Waals surface area contributed by atoms with E-state index in [1.54, 1.807) is 12.2 Å². The van der Waals surface area contributed by atoms with Gasteiger partial charge in [0.05, 0.1) is 30.5 Å². The van der Waals surface area contributed by atoms with Crippen molar-refractivity contribution >= 4 is 15.9 Å². The van der Waals surface area contributed by atoms with E-state index in [-0.39, 0.29) is 24.4 Å². The zero-order chi connectivity index (χ0) is 13.8. The molecular formula is C15H21BrO3. The number of hydrogen-bond acceptors (Lipinski definition) is 3. The fourth-order valence-electron chi connectivity index (χ4n) is 2.81. The van der Waals surface area contributed by atoms with E-state index < -0.39 is 6.10 Å². The SMILES string of the molecule is C#C/C=C/C[C@@H](O)[C@H]1C[C@H]2O[C@@H](CC)[C@H](Br)C[C@H]2O1. The maximum Gasteiger partial charge on any atom is 0.0867 e. The Morgan fingerprint density at radius 2 is 2.16 bits per heavy atom. The first-order chi connectivity index (χ1) is 9.15. The lowest BCUT2D eigenvalue weighted by Crippen LogP contribution is -2.42. The van der Waals surface area contributed by atoms with E-state index in [0.717, 1.165) is 19.3 Å². The summed E-state index contributed by atoms with van der Waals surface area (Å²) in [5, 5.41) is 10.1. The number of rotatable bonds is 4. The molecule has 0 aliphatic carbocycles. The molecule has 0 spiro atoms. The molecule has 0 unspecified atom stereocenters. The number of hydrogen-bond donors (Lipinski definition) is 1. The first-order valence-corrected chi connectivity index (χ1v) is 7.81. The molecule has 106 valence electrons. The van der Waals surface area contributed by atoms with Crippen molar-refractivity contribution < 1.29 is 14.6 Å². The molecule has 2 heterocycles. The lowest BCUT2D eigenvalue weighted by Gasteiger charge is -2.34. The minimum absolute atomic E-state index is 0.100. The first kappa shape index (κ1) is 15.1. The monoisotopic (exact) mass is 328 g/mol. The van der Waals surface area contributed by atoms with Crippen LogP contribution in [0.15, 0.2) is 12.2 Å². The fraction of sp³-hybridized carbons (Fsp3) is 0.733. The Bertz CT molecular complexity index is 363. The van der Waals surface area contributed by atoms with Gasteiger partial charge in [0.2, 0.25) is 0 Å². The molecule has 3 nitrogen and oxygen atoms in total. The summed E-state index contributed by atoms with van der Waals surface area (Å²) in [5.74, 6) is 2.42. The molecule has 0 aromatic carbocycles. The zero-order valence-corrected chi connectivity index (χ0v) is 12.8. The average molecular weight is 329 g/mol. The Kier molecular flexibility index (Phi) is 5.47. The van der Waals surface area contributed by atoms with Crippen molar-refractivity contribution in [3.8, 4) is 12.3 Å². The summed E-state index contributed by atoms with van der Waals surface area (Å²) in [6, 6.07) is 0. The van der Waals surface area contributed by atoms with E-state index in [4.69, 9.17) is 15.9 Å². The Morgan fingerprint density at radius 3 is 2.84 bits per heavy atom. The third-order valence-electron chi connectivity index (χ3n) is 3.86. The Hall–Kier alpha value is -0.340. The van der Waals surface area contributed by atoms with Crippen LogP contribution in [0.2, 0.25) is 0 Å². The van der Waals surface area contributed by atoms with Crippen molar-refractivity contribution in [2.45, 2.75) is 68.0 Å². The maximum atomic E-state index is 10.1. The molecule has 2 saturated heterocycles. The number of alkyl halides is 1. The second kappa shape index (κ2) is 6.90. The summed E-state index contributed by atoms with van der Waals surface area (Å²) in [4.78, 5) is 0.343. The summed E-state index contributed by atoms with van der Waals surface area (Å²) in [6.07, 6.45) is 11.6. The second-order valence-electron chi connectivity index (χ2n) is 5.19. The van der Waals surface area contributed by atoms with Gasteiger partial charge in [-0.3, -0.25) is 0 Å². The van der Waals surface area contributed by atoms with Crippen molar-refractivity contribution in [3.05, 3.63) is 12.2 Å². The summed E-state index contributed by atoms with van der Waals surface area (Å²) in [5.41, 5.74) is 0. The molecule has 0 aromatic rings. The molecule has 4 heteroatoms. The number of aliphatic hydroxyl groups excluding tert-OH is 1. The van der Waals surface area contributed by atoms with Crippen LogP contribution in [0.1, 0.15) is 32.6 Å². The highest BCUT2D eigenvalue weighted by Gasteiger charge is 2.45. The van der Waals surface area contributed by atoms with Gasteiger partial charge in [-0.05, 0) is 25.3 Å². The van der Waals surface area contributed by atoms with Crippen LogP contribution in [0.5, 0.6) is 0 Å². The van der Waals surface area contributed by atoms with E-state index in [1.807, 2.05) is 0 Å². The predicted molar refractivity (Wildman–Crippen MR) is 78.2 cm³/mol. The van der Waals surface area contributed by atoms with Crippen LogP contribution >= 0.6 is 15.9 Å². The second-order valence-corrected chi connectivity index (χ2v) is 6.37. The Labute approximate surface area is 123 Å². The summed E-state index contributed by atoms with van der Waals surface area (Å²) in [6.45, 7) is 2.13. The topological polar surface area (TPSA) is 38.7 Å². The number of aliphatic hydroxyl groups is 1. The van der Waals surface area contributed by atoms with Gasteiger partial charge in [0.25, 0.3) is 0 Å². The van der Waals surface area contributed by atoms with Gasteiger partial charge in [-0.15, -0.1) is 6.42 Å². The van der Waals surface area contributed by atoms with Gasteiger partial charge < -0.3 is 14.6 Å². The van der Waals surface area contributed by atoms with Crippen LogP contribution in [-0.2, 0) is 9.47 Å². The van der Waals surface area contributed by atoms with Crippen molar-refractivity contribution in [1.29, 1.82) is 0 Å². The van der Waals surface area contributed by atoms with Gasteiger partial charge in [-0.1, -0.05) is 34.9 Å². The molecule has 2 rings (SSSR count). The highest BCUT2D eigenvalue weighted by atomic mass is 79.9. The van der Waals surface area contributed by atoms with Crippen molar-refractivity contribution in [2.75, 3.05) is 0 Å². The number of ether oxygens (including phenoxy) is 2. The van der Waals surface area contributed by atoms with Gasteiger partial charge in [0.15, 0.2) is 0 Å². The summed E-state index contributed by atoms with van der Waals surface area (Å²) in [7, 11) is 0. The van der Waals surface area contributed by atoms with Crippen LogP contribution in [0.25, 0.3) is 0 Å². The lowest BCUT2D eigenvalue weighted by molar-refractivity contribution is -0.102. The molecule has 0 aromatic heterocycles. The third-order valence-corrected chi connectivity index (χ3v) is 4.83. The van der Waals surface area contributed by atoms with Gasteiger partial charge in [-0.2, -0.15) is 0 Å². The van der Waals surface area contributed by atoms with Crippen molar-refractivity contribution in [2.24, 2.45) is 0 Å².